The van der Waals surface area contributed by atoms with Crippen LogP contribution in [0.25, 0.3) is 11.5 Å². The second kappa shape index (κ2) is 9.32. The zero-order valence-corrected chi connectivity index (χ0v) is 16.6. The third-order valence-electron chi connectivity index (χ3n) is 4.62. The molecule has 1 amide bonds. The number of amides is 1. The van der Waals surface area contributed by atoms with Gasteiger partial charge >= 0.3 is 0 Å². The Kier molecular flexibility index (Phi) is 6.60. The summed E-state index contributed by atoms with van der Waals surface area (Å²) in [5.41, 5.74) is 1.90. The Bertz CT molecular complexity index is 898. The minimum atomic E-state index is -0.292. The number of furan rings is 1. The molecule has 0 saturated heterocycles. The van der Waals surface area contributed by atoms with Crippen LogP contribution >= 0.6 is 0 Å². The van der Waals surface area contributed by atoms with Crippen LogP contribution in [0, 0.1) is 0 Å². The lowest BCUT2D eigenvalue weighted by atomic mass is 10.2. The Morgan fingerprint density at radius 3 is 2.50 bits per heavy atom. The van der Waals surface area contributed by atoms with Crippen molar-refractivity contribution in [1.82, 2.24) is 20.4 Å². The molecule has 2 heterocycles. The fourth-order valence-corrected chi connectivity index (χ4v) is 2.96. The predicted octanol–water partition coefficient (Wildman–Crippen LogP) is 3.66. The Labute approximate surface area is 164 Å². The van der Waals surface area contributed by atoms with Gasteiger partial charge in [0, 0.05) is 24.1 Å². The molecule has 0 aliphatic carbocycles. The van der Waals surface area contributed by atoms with E-state index in [1.165, 1.54) is 0 Å². The first kappa shape index (κ1) is 19.8. The molecule has 0 bridgehead atoms. The van der Waals surface area contributed by atoms with E-state index < -0.39 is 0 Å². The number of nitrogens with zero attached hydrogens (tertiary/aromatic N) is 3. The van der Waals surface area contributed by atoms with Crippen molar-refractivity contribution in [3.8, 4) is 11.5 Å². The molecule has 3 rings (SSSR count). The number of aromatic nitrogens is 2. The van der Waals surface area contributed by atoms with Crippen LogP contribution in [0.4, 0.5) is 0 Å². The summed E-state index contributed by atoms with van der Waals surface area (Å²) in [4.78, 5) is 14.8. The minimum absolute atomic E-state index is 0.145. The number of aryl methyl sites for hydroxylation is 1. The van der Waals surface area contributed by atoms with Gasteiger partial charge in [-0.3, -0.25) is 9.69 Å². The van der Waals surface area contributed by atoms with E-state index in [9.17, 15) is 4.79 Å². The van der Waals surface area contributed by atoms with E-state index in [1.54, 1.807) is 0 Å². The highest BCUT2D eigenvalue weighted by Crippen LogP contribution is 2.19. The number of hydrogen-bond donors (Lipinski definition) is 1. The van der Waals surface area contributed by atoms with E-state index in [1.807, 2.05) is 43.3 Å². The highest BCUT2D eigenvalue weighted by Gasteiger charge is 2.18. The second-order valence-corrected chi connectivity index (χ2v) is 6.42. The summed E-state index contributed by atoms with van der Waals surface area (Å²) < 4.78 is 11.4. The van der Waals surface area contributed by atoms with Gasteiger partial charge in [0.2, 0.25) is 11.8 Å². The van der Waals surface area contributed by atoms with Crippen LogP contribution in [0.5, 0.6) is 0 Å². The molecule has 0 aliphatic heterocycles. The number of rotatable bonds is 9. The van der Waals surface area contributed by atoms with Gasteiger partial charge in [-0.1, -0.05) is 39.0 Å². The van der Waals surface area contributed by atoms with E-state index in [0.29, 0.717) is 17.5 Å². The lowest BCUT2D eigenvalue weighted by Crippen LogP contribution is -2.23. The molecular formula is C21H26N4O3. The third kappa shape index (κ3) is 4.67. The van der Waals surface area contributed by atoms with Crippen LogP contribution in [0.3, 0.4) is 0 Å². The molecule has 0 saturated carbocycles. The molecule has 3 aromatic rings. The van der Waals surface area contributed by atoms with Crippen molar-refractivity contribution in [1.29, 1.82) is 0 Å². The Balaban J connectivity index is 1.64. The van der Waals surface area contributed by atoms with Crippen LogP contribution in [0.2, 0.25) is 0 Å². The Morgan fingerprint density at radius 1 is 1.07 bits per heavy atom. The fourth-order valence-electron chi connectivity index (χ4n) is 2.96. The van der Waals surface area contributed by atoms with Crippen molar-refractivity contribution in [2.75, 3.05) is 13.1 Å². The Hall–Kier alpha value is -2.93. The van der Waals surface area contributed by atoms with Gasteiger partial charge in [-0.05, 0) is 31.3 Å². The summed E-state index contributed by atoms with van der Waals surface area (Å²) in [6, 6.07) is 11.3. The average molecular weight is 382 g/mol. The van der Waals surface area contributed by atoms with Crippen LogP contribution in [-0.4, -0.2) is 34.1 Å². The van der Waals surface area contributed by atoms with Crippen LogP contribution in [0.1, 0.15) is 48.5 Å². The molecule has 148 valence electrons. The molecule has 1 N–H and O–H groups in total. The number of nitrogens with one attached hydrogen (secondary N) is 1. The van der Waals surface area contributed by atoms with Crippen molar-refractivity contribution >= 4 is 5.91 Å². The van der Waals surface area contributed by atoms with E-state index in [0.717, 1.165) is 42.9 Å². The van der Waals surface area contributed by atoms with Gasteiger partial charge < -0.3 is 14.2 Å². The summed E-state index contributed by atoms with van der Waals surface area (Å²) in [7, 11) is 0. The number of hydrogen-bond acceptors (Lipinski definition) is 6. The summed E-state index contributed by atoms with van der Waals surface area (Å²) in [5, 5.41) is 10.8. The Morgan fingerprint density at radius 2 is 1.82 bits per heavy atom. The second-order valence-electron chi connectivity index (χ2n) is 6.42. The van der Waals surface area contributed by atoms with Gasteiger partial charge in [-0.2, -0.15) is 0 Å². The van der Waals surface area contributed by atoms with Gasteiger partial charge in [0.15, 0.2) is 5.76 Å². The molecule has 0 radical (unpaired) electrons. The summed E-state index contributed by atoms with van der Waals surface area (Å²) >= 11 is 0. The van der Waals surface area contributed by atoms with E-state index in [4.69, 9.17) is 8.83 Å². The molecule has 0 spiro atoms. The fraction of sp³-hybridized carbons (Fsp3) is 0.381. The first-order valence-electron chi connectivity index (χ1n) is 9.64. The quantitative estimate of drug-likeness (QED) is 0.608. The molecule has 0 atom stereocenters. The molecule has 7 heteroatoms. The first-order valence-corrected chi connectivity index (χ1v) is 9.64. The van der Waals surface area contributed by atoms with Crippen LogP contribution < -0.4 is 5.32 Å². The lowest BCUT2D eigenvalue weighted by Gasteiger charge is -2.17. The number of carbonyl (C=O) groups excluding carboxylic acids is 1. The maximum atomic E-state index is 12.5. The average Bonchev–Trinajstić information content (AvgIpc) is 3.38. The first-order chi connectivity index (χ1) is 13.6. The van der Waals surface area contributed by atoms with Gasteiger partial charge in [-0.15, -0.1) is 10.2 Å². The van der Waals surface area contributed by atoms with E-state index in [2.05, 4.69) is 34.3 Å². The van der Waals surface area contributed by atoms with Crippen molar-refractivity contribution in [3.63, 3.8) is 0 Å². The molecule has 0 fully saturated rings. The monoisotopic (exact) mass is 382 g/mol. The van der Waals surface area contributed by atoms with Crippen LogP contribution in [-0.2, 0) is 19.5 Å². The van der Waals surface area contributed by atoms with Crippen molar-refractivity contribution in [3.05, 3.63) is 59.4 Å². The number of benzene rings is 1. The van der Waals surface area contributed by atoms with Crippen LogP contribution in [0.15, 0.2) is 45.2 Å². The van der Waals surface area contributed by atoms with E-state index in [-0.39, 0.29) is 12.5 Å². The van der Waals surface area contributed by atoms with Crippen molar-refractivity contribution in [2.24, 2.45) is 0 Å². The highest BCUT2D eigenvalue weighted by atomic mass is 16.4. The molecule has 28 heavy (non-hydrogen) atoms. The molecule has 2 aromatic heterocycles. The van der Waals surface area contributed by atoms with Gasteiger partial charge in [0.25, 0.3) is 5.91 Å². The summed E-state index contributed by atoms with van der Waals surface area (Å²) in [6.07, 6.45) is 0.744. The molecule has 0 aliphatic rings. The van der Waals surface area contributed by atoms with Gasteiger partial charge in [0.05, 0.1) is 6.54 Å². The van der Waals surface area contributed by atoms with Gasteiger partial charge in [-0.25, -0.2) is 0 Å². The molecule has 7 nitrogen and oxygen atoms in total. The third-order valence-corrected chi connectivity index (χ3v) is 4.62. The minimum Gasteiger partial charge on any atom is -0.456 e. The zero-order valence-electron chi connectivity index (χ0n) is 16.6. The zero-order chi connectivity index (χ0) is 19.9. The standard InChI is InChI=1S/C21H26N4O3/c1-4-17-16(14-25(5-2)6-3)12-18(27-17)20(26)22-13-19-23-24-21(28-19)15-10-8-7-9-11-15/h7-12H,4-6,13-14H2,1-3H3,(H,22,26). The predicted molar refractivity (Wildman–Crippen MR) is 106 cm³/mol. The van der Waals surface area contributed by atoms with Gasteiger partial charge in [0.1, 0.15) is 5.76 Å². The summed E-state index contributed by atoms with van der Waals surface area (Å²) in [5.74, 6) is 1.64. The number of carbonyl (C=O) groups is 1. The molecule has 0 unspecified atom stereocenters. The van der Waals surface area contributed by atoms with E-state index >= 15 is 0 Å². The summed E-state index contributed by atoms with van der Waals surface area (Å²) in [6.45, 7) is 9.09. The molecular weight excluding hydrogens is 356 g/mol. The topological polar surface area (TPSA) is 84.4 Å². The maximum absolute atomic E-state index is 12.5. The normalized spacial score (nSPS) is 11.1. The highest BCUT2D eigenvalue weighted by molar-refractivity contribution is 5.91. The largest absolute Gasteiger partial charge is 0.456 e. The van der Waals surface area contributed by atoms with Crippen molar-refractivity contribution < 1.29 is 13.6 Å². The SMILES string of the molecule is CCc1oc(C(=O)NCc2nnc(-c3ccccc3)o2)cc1CN(CC)CC. The smallest absolute Gasteiger partial charge is 0.287 e. The maximum Gasteiger partial charge on any atom is 0.287 e. The lowest BCUT2D eigenvalue weighted by molar-refractivity contribution is 0.0918. The van der Waals surface area contributed by atoms with Crippen molar-refractivity contribution in [2.45, 2.75) is 40.3 Å². The molecule has 1 aromatic carbocycles.